The van der Waals surface area contributed by atoms with Crippen molar-refractivity contribution in [1.82, 2.24) is 0 Å². The number of hydrogen-bond donors (Lipinski definition) is 1. The van der Waals surface area contributed by atoms with Crippen LogP contribution < -0.4 is 9.47 Å². The van der Waals surface area contributed by atoms with Gasteiger partial charge in [-0.25, -0.2) is 0 Å². The second kappa shape index (κ2) is 5.08. The van der Waals surface area contributed by atoms with Crippen molar-refractivity contribution in [3.05, 3.63) is 53.6 Å². The monoisotopic (exact) mass is 270 g/mol. The predicted molar refractivity (Wildman–Crippen MR) is 77.6 cm³/mol. The molecule has 0 amide bonds. The van der Waals surface area contributed by atoms with E-state index >= 15 is 0 Å². The molecule has 104 valence electrons. The number of aromatic hydroxyl groups is 1. The zero-order valence-corrected chi connectivity index (χ0v) is 11.7. The molecule has 0 aliphatic carbocycles. The summed E-state index contributed by atoms with van der Waals surface area (Å²) in [7, 11) is 1.67. The van der Waals surface area contributed by atoms with E-state index in [2.05, 4.69) is 19.1 Å². The lowest BCUT2D eigenvalue weighted by Crippen LogP contribution is -2.19. The number of phenols is 1. The van der Waals surface area contributed by atoms with E-state index in [1.807, 2.05) is 18.2 Å². The topological polar surface area (TPSA) is 38.7 Å². The Kier molecular flexibility index (Phi) is 3.26. The zero-order chi connectivity index (χ0) is 14.1. The highest BCUT2D eigenvalue weighted by molar-refractivity contribution is 5.45. The fourth-order valence-corrected chi connectivity index (χ4v) is 2.68. The SMILES string of the molecule is COc1ccc(C[C@H]2Oc3ccc(O)cc3[C@@H]2C)cc1. The van der Waals surface area contributed by atoms with Gasteiger partial charge in [0.2, 0.25) is 0 Å². The van der Waals surface area contributed by atoms with Gasteiger partial charge in [0.25, 0.3) is 0 Å². The summed E-state index contributed by atoms with van der Waals surface area (Å²) in [5.74, 6) is 2.32. The Bertz CT molecular complexity index is 604. The van der Waals surface area contributed by atoms with Crippen molar-refractivity contribution in [2.24, 2.45) is 0 Å². The largest absolute Gasteiger partial charge is 0.508 e. The summed E-state index contributed by atoms with van der Waals surface area (Å²) in [6.45, 7) is 2.14. The van der Waals surface area contributed by atoms with Gasteiger partial charge in [-0.05, 0) is 35.9 Å². The van der Waals surface area contributed by atoms with Crippen LogP contribution in [0.15, 0.2) is 42.5 Å². The lowest BCUT2D eigenvalue weighted by molar-refractivity contribution is 0.211. The molecule has 20 heavy (non-hydrogen) atoms. The van der Waals surface area contributed by atoms with Gasteiger partial charge in [-0.1, -0.05) is 19.1 Å². The number of benzene rings is 2. The summed E-state index contributed by atoms with van der Waals surface area (Å²) in [5, 5.41) is 9.58. The average molecular weight is 270 g/mol. The minimum atomic E-state index is 0.111. The third-order valence-corrected chi connectivity index (χ3v) is 3.92. The first-order valence-corrected chi connectivity index (χ1v) is 6.80. The van der Waals surface area contributed by atoms with Crippen LogP contribution in [0.4, 0.5) is 0 Å². The first-order valence-electron chi connectivity index (χ1n) is 6.80. The molecular weight excluding hydrogens is 252 g/mol. The molecule has 3 rings (SSSR count). The molecule has 3 nitrogen and oxygen atoms in total. The van der Waals surface area contributed by atoms with Gasteiger partial charge in [0.05, 0.1) is 7.11 Å². The quantitative estimate of drug-likeness (QED) is 0.927. The lowest BCUT2D eigenvalue weighted by atomic mass is 9.93. The van der Waals surface area contributed by atoms with Crippen molar-refractivity contribution in [3.63, 3.8) is 0 Å². The molecule has 2 atom stereocenters. The van der Waals surface area contributed by atoms with E-state index in [0.29, 0.717) is 5.75 Å². The summed E-state index contributed by atoms with van der Waals surface area (Å²) in [4.78, 5) is 0. The summed E-state index contributed by atoms with van der Waals surface area (Å²) < 4.78 is 11.2. The molecule has 1 N–H and O–H groups in total. The number of fused-ring (bicyclic) bond motifs is 1. The van der Waals surface area contributed by atoms with Gasteiger partial charge < -0.3 is 14.6 Å². The molecule has 2 aromatic carbocycles. The van der Waals surface area contributed by atoms with Crippen LogP contribution in [0.25, 0.3) is 0 Å². The predicted octanol–water partition coefficient (Wildman–Crippen LogP) is 3.51. The van der Waals surface area contributed by atoms with E-state index in [-0.39, 0.29) is 12.0 Å². The maximum atomic E-state index is 9.58. The number of ether oxygens (including phenoxy) is 2. The van der Waals surface area contributed by atoms with Crippen molar-refractivity contribution in [2.45, 2.75) is 25.4 Å². The second-order valence-electron chi connectivity index (χ2n) is 5.22. The highest BCUT2D eigenvalue weighted by Gasteiger charge is 2.31. The number of rotatable bonds is 3. The van der Waals surface area contributed by atoms with Crippen molar-refractivity contribution in [1.29, 1.82) is 0 Å². The Labute approximate surface area is 118 Å². The van der Waals surface area contributed by atoms with Gasteiger partial charge in [-0.3, -0.25) is 0 Å². The molecule has 0 aromatic heterocycles. The summed E-state index contributed by atoms with van der Waals surface area (Å²) in [6, 6.07) is 13.4. The van der Waals surface area contributed by atoms with Gasteiger partial charge in [0, 0.05) is 17.9 Å². The van der Waals surface area contributed by atoms with Gasteiger partial charge in [0.1, 0.15) is 23.4 Å². The third kappa shape index (κ3) is 2.31. The average Bonchev–Trinajstić information content (AvgIpc) is 2.76. The molecule has 1 aliphatic heterocycles. The van der Waals surface area contributed by atoms with Gasteiger partial charge >= 0.3 is 0 Å². The maximum absolute atomic E-state index is 9.58. The Morgan fingerprint density at radius 3 is 2.60 bits per heavy atom. The smallest absolute Gasteiger partial charge is 0.123 e. The van der Waals surface area contributed by atoms with Crippen LogP contribution in [0.2, 0.25) is 0 Å². The van der Waals surface area contributed by atoms with Crippen molar-refractivity contribution in [2.75, 3.05) is 7.11 Å². The van der Waals surface area contributed by atoms with Crippen molar-refractivity contribution < 1.29 is 14.6 Å². The standard InChI is InChI=1S/C17H18O3/c1-11-15-10-13(18)5-8-16(15)20-17(11)9-12-3-6-14(19-2)7-4-12/h3-8,10-11,17-18H,9H2,1-2H3/t11-,17+/m0/s1. The first-order chi connectivity index (χ1) is 9.67. The summed E-state index contributed by atoms with van der Waals surface area (Å²) >= 11 is 0. The molecule has 0 saturated heterocycles. The highest BCUT2D eigenvalue weighted by Crippen LogP contribution is 2.40. The van der Waals surface area contributed by atoms with E-state index in [4.69, 9.17) is 9.47 Å². The molecule has 3 heteroatoms. The van der Waals surface area contributed by atoms with Crippen LogP contribution in [0.3, 0.4) is 0 Å². The van der Waals surface area contributed by atoms with Crippen LogP contribution in [-0.4, -0.2) is 18.3 Å². The Morgan fingerprint density at radius 1 is 1.15 bits per heavy atom. The lowest BCUT2D eigenvalue weighted by Gasteiger charge is -2.15. The van der Waals surface area contributed by atoms with Crippen molar-refractivity contribution in [3.8, 4) is 17.2 Å². The minimum absolute atomic E-state index is 0.111. The molecule has 0 spiro atoms. The number of phenolic OH excluding ortho intramolecular Hbond substituents is 1. The molecule has 0 bridgehead atoms. The minimum Gasteiger partial charge on any atom is -0.508 e. The molecular formula is C17H18O3. The third-order valence-electron chi connectivity index (χ3n) is 3.92. The van der Waals surface area contributed by atoms with Crippen LogP contribution in [-0.2, 0) is 6.42 Å². The first kappa shape index (κ1) is 12.9. The van der Waals surface area contributed by atoms with Gasteiger partial charge in [0.15, 0.2) is 0 Å². The molecule has 0 saturated carbocycles. The Morgan fingerprint density at radius 2 is 1.90 bits per heavy atom. The molecule has 0 fully saturated rings. The van der Waals surface area contributed by atoms with E-state index in [1.54, 1.807) is 19.2 Å². The van der Waals surface area contributed by atoms with Gasteiger partial charge in [-0.2, -0.15) is 0 Å². The molecule has 0 unspecified atom stereocenters. The van der Waals surface area contributed by atoms with E-state index in [9.17, 15) is 5.11 Å². The van der Waals surface area contributed by atoms with E-state index in [1.165, 1.54) is 5.56 Å². The van der Waals surface area contributed by atoms with Crippen molar-refractivity contribution >= 4 is 0 Å². The Balaban J connectivity index is 1.76. The molecule has 1 heterocycles. The maximum Gasteiger partial charge on any atom is 0.123 e. The Hall–Kier alpha value is -2.16. The fraction of sp³-hybridized carbons (Fsp3) is 0.294. The normalized spacial score (nSPS) is 20.3. The zero-order valence-electron chi connectivity index (χ0n) is 11.7. The van der Waals surface area contributed by atoms with Crippen LogP contribution in [0.5, 0.6) is 17.2 Å². The van der Waals surface area contributed by atoms with Crippen LogP contribution >= 0.6 is 0 Å². The number of methoxy groups -OCH3 is 1. The fourth-order valence-electron chi connectivity index (χ4n) is 2.68. The molecule has 0 radical (unpaired) electrons. The summed E-state index contributed by atoms with van der Waals surface area (Å²) in [6.07, 6.45) is 0.959. The van der Waals surface area contributed by atoms with E-state index < -0.39 is 0 Å². The number of hydrogen-bond acceptors (Lipinski definition) is 3. The van der Waals surface area contributed by atoms with Crippen LogP contribution in [0, 0.1) is 0 Å². The molecule has 2 aromatic rings. The second-order valence-corrected chi connectivity index (χ2v) is 5.22. The van der Waals surface area contributed by atoms with E-state index in [0.717, 1.165) is 23.5 Å². The molecule has 1 aliphatic rings. The highest BCUT2D eigenvalue weighted by atomic mass is 16.5. The summed E-state index contributed by atoms with van der Waals surface area (Å²) in [5.41, 5.74) is 2.31. The van der Waals surface area contributed by atoms with Gasteiger partial charge in [-0.15, -0.1) is 0 Å². The van der Waals surface area contributed by atoms with Crippen LogP contribution in [0.1, 0.15) is 24.0 Å².